The first-order valence-corrected chi connectivity index (χ1v) is 11.3. The number of fused-ring (bicyclic) bond motifs is 1. The van der Waals surface area contributed by atoms with E-state index in [2.05, 4.69) is 41.5 Å². The van der Waals surface area contributed by atoms with Gasteiger partial charge in [0, 0.05) is 36.8 Å². The summed E-state index contributed by atoms with van der Waals surface area (Å²) >= 11 is 0. The third-order valence-corrected chi connectivity index (χ3v) is 5.69. The molecule has 1 aliphatic heterocycles. The lowest BCUT2D eigenvalue weighted by Gasteiger charge is -2.35. The first-order valence-electron chi connectivity index (χ1n) is 11.3. The molecule has 1 aliphatic rings. The van der Waals surface area contributed by atoms with Gasteiger partial charge in [-0.05, 0) is 54.7 Å². The Kier molecular flexibility index (Phi) is 6.77. The van der Waals surface area contributed by atoms with E-state index < -0.39 is 0 Å². The Hall–Kier alpha value is -3.61. The molecule has 0 bridgehead atoms. The Labute approximate surface area is 194 Å². The average molecular weight is 447 g/mol. The lowest BCUT2D eigenvalue weighted by molar-refractivity contribution is -0.118. The second-order valence-corrected chi connectivity index (χ2v) is 8.95. The highest BCUT2D eigenvalue weighted by molar-refractivity contribution is 5.94. The zero-order chi connectivity index (χ0) is 23.4. The Balaban J connectivity index is 1.46. The zero-order valence-electron chi connectivity index (χ0n) is 19.3. The van der Waals surface area contributed by atoms with Crippen LogP contribution in [0.3, 0.4) is 0 Å². The van der Waals surface area contributed by atoms with Gasteiger partial charge in [-0.15, -0.1) is 0 Å². The quantitative estimate of drug-likeness (QED) is 0.574. The maximum absolute atomic E-state index is 12.5. The van der Waals surface area contributed by atoms with Gasteiger partial charge in [0.1, 0.15) is 17.1 Å². The number of carbonyl (C=O) groups is 2. The van der Waals surface area contributed by atoms with Gasteiger partial charge in [0.2, 0.25) is 5.91 Å². The molecule has 2 amide bonds. The number of para-hydroxylation sites is 1. The molecular weight excluding hydrogens is 416 g/mol. The van der Waals surface area contributed by atoms with Gasteiger partial charge in [0.25, 0.3) is 5.91 Å². The van der Waals surface area contributed by atoms with Gasteiger partial charge in [0.15, 0.2) is 6.61 Å². The highest BCUT2D eigenvalue weighted by Gasteiger charge is 2.23. The molecule has 1 fully saturated rings. The largest absolute Gasteiger partial charge is 0.481 e. The molecular formula is C26H30N4O3. The van der Waals surface area contributed by atoms with Crippen LogP contribution in [0.25, 0.3) is 10.9 Å². The van der Waals surface area contributed by atoms with E-state index in [4.69, 9.17) is 9.72 Å². The van der Waals surface area contributed by atoms with Crippen LogP contribution in [-0.4, -0.2) is 36.5 Å². The first kappa shape index (κ1) is 22.6. The normalized spacial score (nSPS) is 18.1. The first-order chi connectivity index (χ1) is 15.9. The van der Waals surface area contributed by atoms with E-state index in [1.54, 1.807) is 24.3 Å². The fraction of sp³-hybridized carbons (Fsp3) is 0.346. The van der Waals surface area contributed by atoms with Crippen molar-refractivity contribution in [3.05, 3.63) is 54.6 Å². The number of ether oxygens (including phenoxy) is 1. The summed E-state index contributed by atoms with van der Waals surface area (Å²) in [6.07, 6.45) is 1.24. The molecule has 7 heteroatoms. The molecule has 1 aromatic heterocycles. The summed E-state index contributed by atoms with van der Waals surface area (Å²) < 4.78 is 5.87. The van der Waals surface area contributed by atoms with Crippen LogP contribution in [0.4, 0.5) is 17.2 Å². The number of nitrogens with zero attached hydrogens (tertiary/aromatic N) is 2. The minimum atomic E-state index is -0.290. The Morgan fingerprint density at radius 1 is 1.00 bits per heavy atom. The standard InChI is InChI=1S/C26H30N4O3/c1-17-12-18(2)15-30(14-17)24-11-10-20-6-4-9-23(26(20)29-24)33-16-25(32)28-22-8-5-7-21(13-22)27-19(3)31/h4-11,13,17-18H,12,14-16H2,1-3H3,(H,27,31)(H,28,32). The van der Waals surface area contributed by atoms with Gasteiger partial charge >= 0.3 is 0 Å². The highest BCUT2D eigenvalue weighted by atomic mass is 16.5. The molecule has 2 N–H and O–H groups in total. The number of pyridine rings is 1. The summed E-state index contributed by atoms with van der Waals surface area (Å²) in [5, 5.41) is 6.47. The molecule has 0 aliphatic carbocycles. The Morgan fingerprint density at radius 3 is 2.42 bits per heavy atom. The molecule has 33 heavy (non-hydrogen) atoms. The second kappa shape index (κ2) is 9.90. The SMILES string of the molecule is CC(=O)Nc1cccc(NC(=O)COc2cccc3ccc(N4CC(C)CC(C)C4)nc23)c1. The van der Waals surface area contributed by atoms with E-state index in [-0.39, 0.29) is 18.4 Å². The molecule has 0 spiro atoms. The summed E-state index contributed by atoms with van der Waals surface area (Å²) in [6.45, 7) is 7.84. The predicted octanol–water partition coefficient (Wildman–Crippen LogP) is 4.69. The molecule has 2 heterocycles. The van der Waals surface area contributed by atoms with Gasteiger partial charge in [-0.1, -0.05) is 32.0 Å². The molecule has 7 nitrogen and oxygen atoms in total. The van der Waals surface area contributed by atoms with E-state index in [1.807, 2.05) is 18.2 Å². The van der Waals surface area contributed by atoms with Crippen molar-refractivity contribution in [3.8, 4) is 5.75 Å². The number of piperidine rings is 1. The minimum absolute atomic E-state index is 0.146. The minimum Gasteiger partial charge on any atom is -0.481 e. The number of hydrogen-bond donors (Lipinski definition) is 2. The van der Waals surface area contributed by atoms with E-state index in [0.717, 1.165) is 29.8 Å². The number of aromatic nitrogens is 1. The smallest absolute Gasteiger partial charge is 0.262 e. The van der Waals surface area contributed by atoms with Crippen molar-refractivity contribution in [3.63, 3.8) is 0 Å². The Morgan fingerprint density at radius 2 is 1.70 bits per heavy atom. The summed E-state index contributed by atoms with van der Waals surface area (Å²) in [5.41, 5.74) is 1.95. The van der Waals surface area contributed by atoms with Crippen LogP contribution in [0, 0.1) is 11.8 Å². The van der Waals surface area contributed by atoms with Crippen LogP contribution >= 0.6 is 0 Å². The van der Waals surface area contributed by atoms with Crippen LogP contribution in [0.2, 0.25) is 0 Å². The topological polar surface area (TPSA) is 83.6 Å². The molecule has 0 saturated carbocycles. The average Bonchev–Trinajstić information content (AvgIpc) is 2.76. The molecule has 2 aromatic carbocycles. The number of nitrogens with one attached hydrogen (secondary N) is 2. The van der Waals surface area contributed by atoms with Crippen LogP contribution in [-0.2, 0) is 9.59 Å². The lowest BCUT2D eigenvalue weighted by Crippen LogP contribution is -2.39. The van der Waals surface area contributed by atoms with Crippen LogP contribution < -0.4 is 20.3 Å². The summed E-state index contributed by atoms with van der Waals surface area (Å²) in [5.74, 6) is 2.32. The monoisotopic (exact) mass is 446 g/mol. The maximum atomic E-state index is 12.5. The lowest BCUT2D eigenvalue weighted by atomic mass is 9.92. The predicted molar refractivity (Wildman–Crippen MR) is 132 cm³/mol. The van der Waals surface area contributed by atoms with Gasteiger partial charge < -0.3 is 20.3 Å². The third-order valence-electron chi connectivity index (χ3n) is 5.69. The van der Waals surface area contributed by atoms with Crippen molar-refractivity contribution in [2.24, 2.45) is 11.8 Å². The van der Waals surface area contributed by atoms with Crippen LogP contribution in [0.5, 0.6) is 5.75 Å². The number of hydrogen-bond acceptors (Lipinski definition) is 5. The Bertz CT molecular complexity index is 1150. The molecule has 2 unspecified atom stereocenters. The van der Waals surface area contributed by atoms with Crippen molar-refractivity contribution in [2.75, 3.05) is 35.2 Å². The number of amides is 2. The second-order valence-electron chi connectivity index (χ2n) is 8.95. The molecule has 1 saturated heterocycles. The molecule has 4 rings (SSSR count). The van der Waals surface area contributed by atoms with E-state index >= 15 is 0 Å². The van der Waals surface area contributed by atoms with Crippen LogP contribution in [0.1, 0.15) is 27.2 Å². The van der Waals surface area contributed by atoms with Crippen molar-refractivity contribution in [1.29, 1.82) is 0 Å². The number of anilines is 3. The van der Waals surface area contributed by atoms with Crippen molar-refractivity contribution in [1.82, 2.24) is 4.98 Å². The maximum Gasteiger partial charge on any atom is 0.262 e. The molecule has 172 valence electrons. The van der Waals surface area contributed by atoms with E-state index in [9.17, 15) is 9.59 Å². The third kappa shape index (κ3) is 5.80. The van der Waals surface area contributed by atoms with Gasteiger partial charge in [0.05, 0.1) is 0 Å². The number of carbonyl (C=O) groups excluding carboxylic acids is 2. The van der Waals surface area contributed by atoms with Gasteiger partial charge in [-0.3, -0.25) is 9.59 Å². The van der Waals surface area contributed by atoms with Crippen molar-refractivity contribution < 1.29 is 14.3 Å². The van der Waals surface area contributed by atoms with E-state index in [0.29, 0.717) is 29.0 Å². The number of rotatable bonds is 6. The van der Waals surface area contributed by atoms with Crippen molar-refractivity contribution >= 4 is 39.9 Å². The summed E-state index contributed by atoms with van der Waals surface area (Å²) in [6, 6.07) is 16.8. The highest BCUT2D eigenvalue weighted by Crippen LogP contribution is 2.30. The van der Waals surface area contributed by atoms with Gasteiger partial charge in [-0.2, -0.15) is 0 Å². The fourth-order valence-electron chi connectivity index (χ4n) is 4.47. The summed E-state index contributed by atoms with van der Waals surface area (Å²) in [4.78, 5) is 31.0. The summed E-state index contributed by atoms with van der Waals surface area (Å²) in [7, 11) is 0. The van der Waals surface area contributed by atoms with Gasteiger partial charge in [-0.25, -0.2) is 4.98 Å². The molecule has 2 atom stereocenters. The zero-order valence-corrected chi connectivity index (χ0v) is 19.3. The molecule has 3 aromatic rings. The molecule has 0 radical (unpaired) electrons. The van der Waals surface area contributed by atoms with Crippen molar-refractivity contribution in [2.45, 2.75) is 27.2 Å². The van der Waals surface area contributed by atoms with Crippen LogP contribution in [0.15, 0.2) is 54.6 Å². The number of benzene rings is 2. The fourth-order valence-corrected chi connectivity index (χ4v) is 4.47. The van der Waals surface area contributed by atoms with E-state index in [1.165, 1.54) is 13.3 Å².